The Morgan fingerprint density at radius 2 is 2.21 bits per heavy atom. The summed E-state index contributed by atoms with van der Waals surface area (Å²) in [6.07, 6.45) is 0.611. The summed E-state index contributed by atoms with van der Waals surface area (Å²) in [5.41, 5.74) is 0.792. The van der Waals surface area contributed by atoms with Gasteiger partial charge in [0.25, 0.3) is 5.91 Å². The molecule has 19 heavy (non-hydrogen) atoms. The van der Waals surface area contributed by atoms with Crippen LogP contribution in [0.3, 0.4) is 0 Å². The molecule has 1 aromatic carbocycles. The van der Waals surface area contributed by atoms with E-state index in [0.29, 0.717) is 30.1 Å². The zero-order valence-electron chi connectivity index (χ0n) is 11.6. The van der Waals surface area contributed by atoms with Gasteiger partial charge in [-0.05, 0) is 38.0 Å². The molecule has 0 saturated carbocycles. The maximum atomic E-state index is 12.5. The number of rotatable bonds is 1. The molecule has 1 heterocycles. The fraction of sp³-hybridized carbons (Fsp3) is 0.533. The number of hydrogen-bond acceptors (Lipinski definition) is 2. The number of carbonyl (C=O) groups is 1. The first-order valence-corrected chi connectivity index (χ1v) is 6.97. The van der Waals surface area contributed by atoms with Crippen molar-refractivity contribution < 1.29 is 9.90 Å². The van der Waals surface area contributed by atoms with Crippen molar-refractivity contribution in [2.45, 2.75) is 32.8 Å². The van der Waals surface area contributed by atoms with E-state index >= 15 is 0 Å². The highest BCUT2D eigenvalue weighted by molar-refractivity contribution is 6.31. The van der Waals surface area contributed by atoms with Gasteiger partial charge in [-0.1, -0.05) is 24.6 Å². The molecule has 0 unspecified atom stereocenters. The third kappa shape index (κ3) is 2.77. The third-order valence-electron chi connectivity index (χ3n) is 4.23. The highest BCUT2D eigenvalue weighted by atomic mass is 35.5. The molecule has 4 heteroatoms. The predicted molar refractivity (Wildman–Crippen MR) is 76.5 cm³/mol. The third-order valence-corrected chi connectivity index (χ3v) is 4.64. The van der Waals surface area contributed by atoms with Gasteiger partial charge in [0.15, 0.2) is 0 Å². The van der Waals surface area contributed by atoms with E-state index in [4.69, 9.17) is 11.6 Å². The van der Waals surface area contributed by atoms with Crippen LogP contribution < -0.4 is 0 Å². The van der Waals surface area contributed by atoms with Crippen LogP contribution >= 0.6 is 11.6 Å². The Morgan fingerprint density at radius 1 is 1.53 bits per heavy atom. The fourth-order valence-corrected chi connectivity index (χ4v) is 2.59. The summed E-state index contributed by atoms with van der Waals surface area (Å²) in [6.45, 7) is 6.84. The molecule has 3 nitrogen and oxygen atoms in total. The van der Waals surface area contributed by atoms with E-state index in [2.05, 4.69) is 0 Å². The van der Waals surface area contributed by atoms with Crippen LogP contribution in [-0.4, -0.2) is 34.6 Å². The number of halogens is 1. The molecule has 1 fully saturated rings. The minimum absolute atomic E-state index is 0.00218. The lowest BCUT2D eigenvalue weighted by atomic mass is 9.83. The SMILES string of the molecule is Cc1c(Cl)cccc1C(=O)N1CC[C@](C)(O)[C@H](C)C1. The number of nitrogens with zero attached hydrogens (tertiary/aromatic N) is 1. The molecule has 0 bridgehead atoms. The minimum atomic E-state index is -0.680. The summed E-state index contributed by atoms with van der Waals surface area (Å²) in [5, 5.41) is 10.8. The van der Waals surface area contributed by atoms with Gasteiger partial charge in [0.05, 0.1) is 5.60 Å². The molecule has 0 radical (unpaired) electrons. The van der Waals surface area contributed by atoms with Crippen molar-refractivity contribution in [3.63, 3.8) is 0 Å². The van der Waals surface area contributed by atoms with Crippen molar-refractivity contribution in [3.05, 3.63) is 34.3 Å². The van der Waals surface area contributed by atoms with Crippen molar-refractivity contribution in [2.24, 2.45) is 5.92 Å². The van der Waals surface area contributed by atoms with E-state index < -0.39 is 5.60 Å². The van der Waals surface area contributed by atoms with Gasteiger partial charge in [0.1, 0.15) is 0 Å². The van der Waals surface area contributed by atoms with E-state index in [-0.39, 0.29) is 11.8 Å². The van der Waals surface area contributed by atoms with Gasteiger partial charge in [0.2, 0.25) is 0 Å². The van der Waals surface area contributed by atoms with Crippen LogP contribution in [0.1, 0.15) is 36.2 Å². The van der Waals surface area contributed by atoms with Crippen molar-refractivity contribution in [1.29, 1.82) is 0 Å². The minimum Gasteiger partial charge on any atom is -0.390 e. The Morgan fingerprint density at radius 3 is 2.84 bits per heavy atom. The maximum absolute atomic E-state index is 12.5. The summed E-state index contributed by atoms with van der Waals surface area (Å²) in [7, 11) is 0. The molecule has 1 amide bonds. The standard InChI is InChI=1S/C15H20ClNO2/c1-10-9-17(8-7-15(10,3)19)14(18)12-5-4-6-13(16)11(12)2/h4-6,10,19H,7-9H2,1-3H3/t10-,15+/m1/s1. The molecule has 0 spiro atoms. The average molecular weight is 282 g/mol. The van der Waals surface area contributed by atoms with Gasteiger partial charge >= 0.3 is 0 Å². The number of hydrogen-bond donors (Lipinski definition) is 1. The van der Waals surface area contributed by atoms with Gasteiger partial charge in [-0.15, -0.1) is 0 Å². The summed E-state index contributed by atoms with van der Waals surface area (Å²) >= 11 is 6.06. The maximum Gasteiger partial charge on any atom is 0.254 e. The van der Waals surface area contributed by atoms with Crippen molar-refractivity contribution in [3.8, 4) is 0 Å². The Labute approximate surface area is 119 Å². The molecular weight excluding hydrogens is 262 g/mol. The second-order valence-electron chi connectivity index (χ2n) is 5.67. The largest absolute Gasteiger partial charge is 0.390 e. The van der Waals surface area contributed by atoms with Crippen molar-refractivity contribution >= 4 is 17.5 Å². The quantitative estimate of drug-likeness (QED) is 0.860. The van der Waals surface area contributed by atoms with Crippen LogP contribution in [0, 0.1) is 12.8 Å². The van der Waals surface area contributed by atoms with Crippen LogP contribution in [0.4, 0.5) is 0 Å². The number of amides is 1. The van der Waals surface area contributed by atoms with Crippen LogP contribution in [-0.2, 0) is 0 Å². The highest BCUT2D eigenvalue weighted by Gasteiger charge is 2.36. The van der Waals surface area contributed by atoms with E-state index in [1.807, 2.05) is 20.8 Å². The zero-order chi connectivity index (χ0) is 14.2. The van der Waals surface area contributed by atoms with Crippen LogP contribution in [0.15, 0.2) is 18.2 Å². The Bertz CT molecular complexity index is 499. The van der Waals surface area contributed by atoms with Crippen molar-refractivity contribution in [2.75, 3.05) is 13.1 Å². The van der Waals surface area contributed by atoms with E-state index in [9.17, 15) is 9.90 Å². The fourth-order valence-electron chi connectivity index (χ4n) is 2.42. The smallest absolute Gasteiger partial charge is 0.254 e. The second kappa shape index (κ2) is 5.14. The Balaban J connectivity index is 2.20. The molecule has 1 N–H and O–H groups in total. The highest BCUT2D eigenvalue weighted by Crippen LogP contribution is 2.29. The zero-order valence-corrected chi connectivity index (χ0v) is 12.4. The van der Waals surface area contributed by atoms with Gasteiger partial charge in [-0.2, -0.15) is 0 Å². The van der Waals surface area contributed by atoms with Crippen molar-refractivity contribution in [1.82, 2.24) is 4.90 Å². The lowest BCUT2D eigenvalue weighted by Gasteiger charge is -2.41. The first-order chi connectivity index (χ1) is 8.83. The predicted octanol–water partition coefficient (Wildman–Crippen LogP) is 2.88. The van der Waals surface area contributed by atoms with Crippen LogP contribution in [0.25, 0.3) is 0 Å². The van der Waals surface area contributed by atoms with Gasteiger partial charge in [0, 0.05) is 29.6 Å². The lowest BCUT2D eigenvalue weighted by molar-refractivity contribution is -0.0439. The first kappa shape index (κ1) is 14.4. The molecule has 104 valence electrons. The van der Waals surface area contributed by atoms with Gasteiger partial charge in [-0.3, -0.25) is 4.79 Å². The van der Waals surface area contributed by atoms with E-state index in [1.54, 1.807) is 23.1 Å². The Kier molecular flexibility index (Phi) is 3.88. The van der Waals surface area contributed by atoms with E-state index in [0.717, 1.165) is 5.56 Å². The summed E-state index contributed by atoms with van der Waals surface area (Å²) in [6, 6.07) is 5.39. The van der Waals surface area contributed by atoms with Gasteiger partial charge < -0.3 is 10.0 Å². The molecule has 2 atom stereocenters. The van der Waals surface area contributed by atoms with Crippen LogP contribution in [0.2, 0.25) is 5.02 Å². The molecule has 2 rings (SSSR count). The van der Waals surface area contributed by atoms with E-state index in [1.165, 1.54) is 0 Å². The number of carbonyl (C=O) groups excluding carboxylic acids is 1. The summed E-state index contributed by atoms with van der Waals surface area (Å²) in [4.78, 5) is 14.3. The number of aliphatic hydroxyl groups is 1. The number of benzene rings is 1. The Hall–Kier alpha value is -1.06. The topological polar surface area (TPSA) is 40.5 Å². The normalized spacial score (nSPS) is 27.4. The number of piperidine rings is 1. The average Bonchev–Trinajstić information content (AvgIpc) is 2.35. The molecule has 1 saturated heterocycles. The summed E-state index contributed by atoms with van der Waals surface area (Å²) < 4.78 is 0. The molecule has 1 aliphatic heterocycles. The first-order valence-electron chi connectivity index (χ1n) is 6.59. The second-order valence-corrected chi connectivity index (χ2v) is 6.08. The monoisotopic (exact) mass is 281 g/mol. The van der Waals surface area contributed by atoms with Gasteiger partial charge in [-0.25, -0.2) is 0 Å². The molecule has 1 aromatic rings. The summed E-state index contributed by atoms with van der Waals surface area (Å²) in [5.74, 6) is 0.0760. The molecule has 0 aromatic heterocycles. The lowest BCUT2D eigenvalue weighted by Crippen LogP contribution is -2.51. The molecular formula is C15H20ClNO2. The molecule has 1 aliphatic rings. The van der Waals surface area contributed by atoms with Crippen LogP contribution in [0.5, 0.6) is 0 Å². The number of likely N-dealkylation sites (tertiary alicyclic amines) is 1. The molecule has 0 aliphatic carbocycles.